The number of aromatic nitrogens is 2. The topological polar surface area (TPSA) is 68.3 Å². The van der Waals surface area contributed by atoms with Crippen LogP contribution in [0.5, 0.6) is 11.5 Å². The summed E-state index contributed by atoms with van der Waals surface area (Å²) in [6.45, 7) is 5.15. The van der Waals surface area contributed by atoms with Crippen molar-refractivity contribution in [3.05, 3.63) is 54.6 Å². The zero-order chi connectivity index (χ0) is 19.9. The Kier molecular flexibility index (Phi) is 6.32. The van der Waals surface area contributed by atoms with Crippen molar-refractivity contribution in [2.75, 3.05) is 31.4 Å². The van der Waals surface area contributed by atoms with E-state index in [1.54, 1.807) is 14.2 Å². The normalized spacial score (nSPS) is 10.6. The van der Waals surface area contributed by atoms with Gasteiger partial charge in [-0.3, -0.25) is 0 Å². The first-order valence-corrected chi connectivity index (χ1v) is 9.26. The third-order valence-electron chi connectivity index (χ3n) is 4.14. The third-order valence-corrected chi connectivity index (χ3v) is 4.14. The molecule has 2 aromatic carbocycles. The van der Waals surface area contributed by atoms with Gasteiger partial charge in [-0.05, 0) is 18.1 Å². The van der Waals surface area contributed by atoms with E-state index in [0.29, 0.717) is 17.6 Å². The van der Waals surface area contributed by atoms with E-state index in [1.807, 2.05) is 54.6 Å². The summed E-state index contributed by atoms with van der Waals surface area (Å²) in [5.41, 5.74) is 2.64. The molecule has 0 bridgehead atoms. The zero-order valence-electron chi connectivity index (χ0n) is 16.7. The van der Waals surface area contributed by atoms with Gasteiger partial charge in [0.2, 0.25) is 5.95 Å². The predicted octanol–water partition coefficient (Wildman–Crippen LogP) is 4.97. The summed E-state index contributed by atoms with van der Waals surface area (Å²) in [7, 11) is 3.25. The van der Waals surface area contributed by atoms with E-state index in [2.05, 4.69) is 29.5 Å². The number of benzene rings is 2. The van der Waals surface area contributed by atoms with E-state index in [-0.39, 0.29) is 0 Å². The van der Waals surface area contributed by atoms with Gasteiger partial charge in [-0.2, -0.15) is 4.98 Å². The molecule has 0 saturated carbocycles. The second-order valence-electron chi connectivity index (χ2n) is 6.79. The molecule has 28 heavy (non-hydrogen) atoms. The summed E-state index contributed by atoms with van der Waals surface area (Å²) < 4.78 is 10.7. The number of anilines is 3. The fourth-order valence-electron chi connectivity index (χ4n) is 2.68. The van der Waals surface area contributed by atoms with Gasteiger partial charge in [0.1, 0.15) is 17.3 Å². The highest BCUT2D eigenvalue weighted by molar-refractivity contribution is 5.69. The van der Waals surface area contributed by atoms with Gasteiger partial charge in [0.25, 0.3) is 0 Å². The van der Waals surface area contributed by atoms with E-state index in [0.717, 1.165) is 35.1 Å². The number of nitrogens with one attached hydrogen (secondary N) is 2. The number of hydrogen-bond acceptors (Lipinski definition) is 6. The largest absolute Gasteiger partial charge is 0.497 e. The molecule has 0 saturated heterocycles. The van der Waals surface area contributed by atoms with E-state index in [1.165, 1.54) is 0 Å². The minimum absolute atomic E-state index is 0.496. The molecule has 1 aromatic heterocycles. The minimum Gasteiger partial charge on any atom is -0.497 e. The highest BCUT2D eigenvalue weighted by Gasteiger charge is 2.11. The van der Waals surface area contributed by atoms with E-state index in [4.69, 9.17) is 14.5 Å². The van der Waals surface area contributed by atoms with Gasteiger partial charge < -0.3 is 20.1 Å². The highest BCUT2D eigenvalue weighted by Crippen LogP contribution is 2.31. The summed E-state index contributed by atoms with van der Waals surface area (Å²) in [4.78, 5) is 9.32. The van der Waals surface area contributed by atoms with Crippen molar-refractivity contribution in [3.8, 4) is 22.8 Å². The first kappa shape index (κ1) is 19.5. The molecule has 146 valence electrons. The molecule has 0 unspecified atom stereocenters. The number of methoxy groups -OCH3 is 2. The second kappa shape index (κ2) is 9.08. The first-order valence-electron chi connectivity index (χ1n) is 9.26. The standard InChI is InChI=1S/C22H26N4O2/c1-15(2)14-23-21-13-19(16-8-6-5-7-9-16)25-22(26-21)24-18-11-10-17(27-3)12-20(18)28-4/h5-13,15H,14H2,1-4H3,(H2,23,24,25,26). The number of nitrogens with zero attached hydrogens (tertiary/aromatic N) is 2. The molecule has 1 heterocycles. The van der Waals surface area contributed by atoms with Gasteiger partial charge >= 0.3 is 0 Å². The van der Waals surface area contributed by atoms with Crippen LogP contribution in [-0.2, 0) is 0 Å². The van der Waals surface area contributed by atoms with Gasteiger partial charge in [0.15, 0.2) is 0 Å². The molecule has 6 nitrogen and oxygen atoms in total. The van der Waals surface area contributed by atoms with Gasteiger partial charge in [-0.15, -0.1) is 0 Å². The number of ether oxygens (including phenoxy) is 2. The van der Waals surface area contributed by atoms with Crippen molar-refractivity contribution in [1.82, 2.24) is 9.97 Å². The Morgan fingerprint density at radius 1 is 0.929 bits per heavy atom. The van der Waals surface area contributed by atoms with E-state index < -0.39 is 0 Å². The quantitative estimate of drug-likeness (QED) is 0.577. The van der Waals surface area contributed by atoms with Crippen molar-refractivity contribution in [2.24, 2.45) is 5.92 Å². The Hall–Kier alpha value is -3.28. The summed E-state index contributed by atoms with van der Waals surface area (Å²) in [5.74, 6) is 3.16. The summed E-state index contributed by atoms with van der Waals surface area (Å²) in [5, 5.41) is 6.66. The molecule has 2 N–H and O–H groups in total. The van der Waals surface area contributed by atoms with Crippen LogP contribution in [0, 0.1) is 5.92 Å². The smallest absolute Gasteiger partial charge is 0.229 e. The van der Waals surface area contributed by atoms with Crippen molar-refractivity contribution < 1.29 is 9.47 Å². The summed E-state index contributed by atoms with van der Waals surface area (Å²) in [6, 6.07) is 17.6. The monoisotopic (exact) mass is 378 g/mol. The molecular weight excluding hydrogens is 352 g/mol. The fraction of sp³-hybridized carbons (Fsp3) is 0.273. The second-order valence-corrected chi connectivity index (χ2v) is 6.79. The van der Waals surface area contributed by atoms with Crippen molar-refractivity contribution in [1.29, 1.82) is 0 Å². The van der Waals surface area contributed by atoms with Crippen LogP contribution in [-0.4, -0.2) is 30.7 Å². The Labute approximate surface area is 166 Å². The molecule has 6 heteroatoms. The lowest BCUT2D eigenvalue weighted by Gasteiger charge is -2.14. The maximum atomic E-state index is 5.47. The molecule has 0 radical (unpaired) electrons. The molecule has 0 amide bonds. The number of hydrogen-bond donors (Lipinski definition) is 2. The molecule has 0 fully saturated rings. The zero-order valence-corrected chi connectivity index (χ0v) is 16.7. The van der Waals surface area contributed by atoms with Gasteiger partial charge in [-0.25, -0.2) is 4.98 Å². The molecule has 0 aliphatic heterocycles. The molecule has 3 aromatic rings. The molecule has 0 spiro atoms. The lowest BCUT2D eigenvalue weighted by atomic mass is 10.1. The van der Waals surface area contributed by atoms with Crippen LogP contribution in [0.1, 0.15) is 13.8 Å². The Morgan fingerprint density at radius 3 is 2.39 bits per heavy atom. The molecular formula is C22H26N4O2. The van der Waals surface area contributed by atoms with E-state index in [9.17, 15) is 0 Å². The maximum absolute atomic E-state index is 5.47. The predicted molar refractivity (Wildman–Crippen MR) is 114 cm³/mol. The summed E-state index contributed by atoms with van der Waals surface area (Å²) in [6.07, 6.45) is 0. The Balaban J connectivity index is 1.96. The molecule has 0 atom stereocenters. The van der Waals surface area contributed by atoms with Crippen LogP contribution in [0.25, 0.3) is 11.3 Å². The Bertz CT molecular complexity index is 914. The van der Waals surface area contributed by atoms with Crippen LogP contribution >= 0.6 is 0 Å². The van der Waals surface area contributed by atoms with Crippen LogP contribution in [0.2, 0.25) is 0 Å². The summed E-state index contributed by atoms with van der Waals surface area (Å²) >= 11 is 0. The van der Waals surface area contributed by atoms with Crippen LogP contribution in [0.4, 0.5) is 17.5 Å². The van der Waals surface area contributed by atoms with Crippen LogP contribution in [0.3, 0.4) is 0 Å². The SMILES string of the molecule is COc1ccc(Nc2nc(NCC(C)C)cc(-c3ccccc3)n2)c(OC)c1. The van der Waals surface area contributed by atoms with Crippen molar-refractivity contribution in [2.45, 2.75) is 13.8 Å². The Morgan fingerprint density at radius 2 is 1.71 bits per heavy atom. The van der Waals surface area contributed by atoms with Gasteiger partial charge in [0, 0.05) is 24.2 Å². The van der Waals surface area contributed by atoms with E-state index >= 15 is 0 Å². The van der Waals surface area contributed by atoms with Crippen LogP contribution in [0.15, 0.2) is 54.6 Å². The third kappa shape index (κ3) is 4.91. The fourth-order valence-corrected chi connectivity index (χ4v) is 2.68. The minimum atomic E-state index is 0.496. The average molecular weight is 378 g/mol. The first-order chi connectivity index (χ1) is 13.6. The highest BCUT2D eigenvalue weighted by atomic mass is 16.5. The van der Waals surface area contributed by atoms with Crippen molar-refractivity contribution in [3.63, 3.8) is 0 Å². The maximum Gasteiger partial charge on any atom is 0.229 e. The average Bonchev–Trinajstić information content (AvgIpc) is 2.73. The molecule has 0 aliphatic rings. The van der Waals surface area contributed by atoms with Crippen LogP contribution < -0.4 is 20.1 Å². The van der Waals surface area contributed by atoms with Crippen molar-refractivity contribution >= 4 is 17.5 Å². The van der Waals surface area contributed by atoms with Gasteiger partial charge in [0.05, 0.1) is 25.6 Å². The molecule has 3 rings (SSSR count). The lowest BCUT2D eigenvalue weighted by Crippen LogP contribution is -2.11. The lowest BCUT2D eigenvalue weighted by molar-refractivity contribution is 0.395. The van der Waals surface area contributed by atoms with Gasteiger partial charge in [-0.1, -0.05) is 44.2 Å². The molecule has 0 aliphatic carbocycles. The number of rotatable bonds is 8.